The molecule has 51 heavy (non-hydrogen) atoms. The van der Waals surface area contributed by atoms with E-state index >= 15 is 0 Å². The molecule has 7 heterocycles. The van der Waals surface area contributed by atoms with E-state index in [1.165, 1.54) is 11.3 Å². The first kappa shape index (κ1) is 38.7. The molecule has 270 valence electrons. The fourth-order valence-electron chi connectivity index (χ4n) is 5.27. The van der Waals surface area contributed by atoms with Crippen molar-refractivity contribution in [3.05, 3.63) is 101 Å². The molecule has 0 spiro atoms. The summed E-state index contributed by atoms with van der Waals surface area (Å²) in [5, 5.41) is 6.44. The first-order valence-electron chi connectivity index (χ1n) is 16.8. The molecule has 0 bridgehead atoms. The molecule has 13 nitrogen and oxygen atoms in total. The number of aryl methyl sites for hydroxylation is 3. The van der Waals surface area contributed by atoms with E-state index in [0.29, 0.717) is 36.5 Å². The Balaban J connectivity index is 0.000000167. The molecule has 2 fully saturated rings. The summed E-state index contributed by atoms with van der Waals surface area (Å²) in [4.78, 5) is 34.8. The summed E-state index contributed by atoms with van der Waals surface area (Å²) in [7, 11) is 0. The molecule has 1 N–H and O–H groups in total. The molecule has 1 aromatic carbocycles. The molecule has 1 amide bonds. The Kier molecular flexibility index (Phi) is 13.9. The quantitative estimate of drug-likeness (QED) is 0.134. The molecule has 0 aliphatic carbocycles. The van der Waals surface area contributed by atoms with Crippen molar-refractivity contribution in [1.82, 2.24) is 28.9 Å². The molecule has 2 aliphatic rings. The minimum absolute atomic E-state index is 0. The van der Waals surface area contributed by atoms with Crippen LogP contribution in [0.5, 0.6) is 0 Å². The van der Waals surface area contributed by atoms with Gasteiger partial charge in [0.25, 0.3) is 0 Å². The zero-order valence-corrected chi connectivity index (χ0v) is 30.8. The van der Waals surface area contributed by atoms with Crippen LogP contribution in [0.2, 0.25) is 0 Å². The summed E-state index contributed by atoms with van der Waals surface area (Å²) in [5.74, 6) is 0.685. The molecular formula is C37H45N7O6S. The number of ether oxygens (including phenoxy) is 3. The summed E-state index contributed by atoms with van der Waals surface area (Å²) in [5.41, 5.74) is 8.26. The van der Waals surface area contributed by atoms with Gasteiger partial charge in [-0.3, -0.25) is 9.20 Å². The maximum atomic E-state index is 11.7. The number of nitrogens with zero attached hydrogens (tertiary/aromatic N) is 6. The topological polar surface area (TPSA) is 147 Å². The zero-order valence-electron chi connectivity index (χ0n) is 29.8. The number of hydrogen-bond acceptors (Lipinski definition) is 10. The third-order valence-corrected chi connectivity index (χ3v) is 8.12. The number of benzene rings is 1. The Bertz CT molecular complexity index is 2050. The van der Waals surface area contributed by atoms with E-state index in [-0.39, 0.29) is 25.6 Å². The summed E-state index contributed by atoms with van der Waals surface area (Å²) in [6.45, 7) is 13.6. The van der Waals surface area contributed by atoms with Crippen LogP contribution in [0.3, 0.4) is 0 Å². The molecule has 8 rings (SSSR count). The van der Waals surface area contributed by atoms with Crippen LogP contribution in [0.25, 0.3) is 22.7 Å². The number of rotatable bonds is 7. The van der Waals surface area contributed by atoms with Gasteiger partial charge in [0.15, 0.2) is 5.69 Å². The van der Waals surface area contributed by atoms with Crippen molar-refractivity contribution < 1.29 is 28.3 Å². The fraction of sp³-hybridized carbons (Fsp3) is 0.351. The molecule has 0 radical (unpaired) electrons. The van der Waals surface area contributed by atoms with E-state index in [1.54, 1.807) is 24.4 Å². The number of hydrogen-bond donors (Lipinski definition) is 1. The van der Waals surface area contributed by atoms with Crippen molar-refractivity contribution in [2.75, 3.05) is 25.1 Å². The number of nitrogens with one attached hydrogen (secondary N) is 1. The predicted molar refractivity (Wildman–Crippen MR) is 198 cm³/mol. The van der Waals surface area contributed by atoms with Crippen LogP contribution >= 0.6 is 13.5 Å². The van der Waals surface area contributed by atoms with Gasteiger partial charge in [-0.05, 0) is 67.8 Å². The molecule has 2 aliphatic heterocycles. The van der Waals surface area contributed by atoms with Crippen molar-refractivity contribution in [3.63, 3.8) is 0 Å². The van der Waals surface area contributed by atoms with Crippen molar-refractivity contribution >= 4 is 42.9 Å². The third-order valence-electron chi connectivity index (χ3n) is 8.12. The highest BCUT2D eigenvalue weighted by Crippen LogP contribution is 2.30. The maximum Gasteiger partial charge on any atom is 0.356 e. The highest BCUT2D eigenvalue weighted by atomic mass is 32.1. The van der Waals surface area contributed by atoms with E-state index in [1.807, 2.05) is 63.5 Å². The van der Waals surface area contributed by atoms with Gasteiger partial charge in [0, 0.05) is 55.3 Å². The van der Waals surface area contributed by atoms with Gasteiger partial charge >= 0.3 is 5.97 Å². The van der Waals surface area contributed by atoms with E-state index in [9.17, 15) is 9.59 Å². The van der Waals surface area contributed by atoms with Crippen molar-refractivity contribution in [1.29, 1.82) is 0 Å². The Hall–Kier alpha value is -5.05. The van der Waals surface area contributed by atoms with Crippen LogP contribution in [0.1, 0.15) is 84.6 Å². The number of anilines is 1. The van der Waals surface area contributed by atoms with Crippen LogP contribution in [0.15, 0.2) is 71.8 Å². The average molecular weight is 716 g/mol. The second-order valence-corrected chi connectivity index (χ2v) is 11.4. The Labute approximate surface area is 303 Å². The second-order valence-electron chi connectivity index (χ2n) is 11.4. The standard InChI is InChI=1S/C13H14N2O3.C11H11N3O2.C11H12N2O.C2H6.H2S/c1-2-17-13(16)10-8-14-12-7-9(3-5-15(10)12)11-4-6-18-11;1-7-3-4-9(5-10(7)12-6-15)11-13-8(2)16-14-11;1-8-7-12-11-6-9(2-4-13(8)11)10-3-5-14-10;1-2;/h3,5,7-8,11H,2,4,6H2,1H3;3-6H,1-2H3,(H,12,15);2,4,6-7,10H,3,5H2,1H3;1-2H3;1H2. The summed E-state index contributed by atoms with van der Waals surface area (Å²) in [6.07, 6.45) is 10.6. The summed E-state index contributed by atoms with van der Waals surface area (Å²) < 4.78 is 24.6. The lowest BCUT2D eigenvalue weighted by Gasteiger charge is -2.26. The van der Waals surface area contributed by atoms with Crippen LogP contribution in [0, 0.1) is 20.8 Å². The van der Waals surface area contributed by atoms with Crippen LogP contribution < -0.4 is 5.32 Å². The molecule has 2 saturated heterocycles. The Morgan fingerprint density at radius 1 is 0.922 bits per heavy atom. The molecular weight excluding hydrogens is 671 g/mol. The van der Waals surface area contributed by atoms with Crippen molar-refractivity contribution in [2.24, 2.45) is 0 Å². The lowest BCUT2D eigenvalue weighted by atomic mass is 10.1. The fourth-order valence-corrected chi connectivity index (χ4v) is 5.27. The minimum atomic E-state index is -0.349. The van der Waals surface area contributed by atoms with Gasteiger partial charge in [0.1, 0.15) is 11.3 Å². The van der Waals surface area contributed by atoms with Gasteiger partial charge < -0.3 is 28.5 Å². The molecule has 0 saturated carbocycles. The first-order chi connectivity index (χ1) is 24.3. The minimum Gasteiger partial charge on any atom is -0.461 e. The lowest BCUT2D eigenvalue weighted by Crippen LogP contribution is -2.18. The number of amides is 1. The van der Waals surface area contributed by atoms with Crippen molar-refractivity contribution in [3.8, 4) is 11.4 Å². The number of fused-ring (bicyclic) bond motifs is 2. The van der Waals surface area contributed by atoms with E-state index < -0.39 is 0 Å². The van der Waals surface area contributed by atoms with Gasteiger partial charge in [-0.25, -0.2) is 14.8 Å². The molecule has 5 aromatic heterocycles. The molecule has 2 unspecified atom stereocenters. The van der Waals surface area contributed by atoms with Crippen molar-refractivity contribution in [2.45, 2.75) is 66.6 Å². The number of aromatic nitrogens is 6. The predicted octanol–water partition coefficient (Wildman–Crippen LogP) is 7.14. The van der Waals surface area contributed by atoms with E-state index in [4.69, 9.17) is 18.7 Å². The monoisotopic (exact) mass is 715 g/mol. The molecule has 6 aromatic rings. The summed E-state index contributed by atoms with van der Waals surface area (Å²) >= 11 is 0. The number of carbonyl (C=O) groups is 2. The van der Waals surface area contributed by atoms with Crippen LogP contribution in [0.4, 0.5) is 5.69 Å². The SMILES string of the molecule is CC.CCOC(=O)c1cnc2cc(C3CCO3)ccn12.Cc1cnc2cc(C3CCO3)ccn12.Cc1nc(-c2ccc(C)c(NC=O)c2)no1.S. The number of carbonyl (C=O) groups excluding carboxylic acids is 2. The first-order valence-corrected chi connectivity index (χ1v) is 16.8. The maximum absolute atomic E-state index is 11.7. The Morgan fingerprint density at radius 2 is 1.53 bits per heavy atom. The summed E-state index contributed by atoms with van der Waals surface area (Å²) in [6, 6.07) is 13.7. The second kappa shape index (κ2) is 18.3. The smallest absolute Gasteiger partial charge is 0.356 e. The van der Waals surface area contributed by atoms with Gasteiger partial charge in [-0.1, -0.05) is 31.1 Å². The van der Waals surface area contributed by atoms with E-state index in [0.717, 1.165) is 59.7 Å². The normalized spacial score (nSPS) is 15.6. The Morgan fingerprint density at radius 3 is 2.08 bits per heavy atom. The van der Waals surface area contributed by atoms with Crippen LogP contribution in [-0.4, -0.2) is 61.1 Å². The number of pyridine rings is 2. The van der Waals surface area contributed by atoms with Gasteiger partial charge in [-0.2, -0.15) is 18.5 Å². The highest BCUT2D eigenvalue weighted by Gasteiger charge is 2.22. The molecule has 14 heteroatoms. The van der Waals surface area contributed by atoms with Gasteiger partial charge in [-0.15, -0.1) is 0 Å². The van der Waals surface area contributed by atoms with Gasteiger partial charge in [0.05, 0.1) is 38.2 Å². The highest BCUT2D eigenvalue weighted by molar-refractivity contribution is 7.59. The lowest BCUT2D eigenvalue weighted by molar-refractivity contribution is -0.105. The zero-order chi connectivity index (χ0) is 35.6. The third kappa shape index (κ3) is 9.20. The average Bonchev–Trinajstić information content (AvgIpc) is 3.80. The van der Waals surface area contributed by atoms with Gasteiger partial charge in [0.2, 0.25) is 18.1 Å². The number of imidazole rings is 2. The molecule has 2 atom stereocenters. The number of esters is 1. The van der Waals surface area contributed by atoms with Crippen LogP contribution in [-0.2, 0) is 19.0 Å². The van der Waals surface area contributed by atoms with E-state index in [2.05, 4.69) is 55.1 Å². The largest absolute Gasteiger partial charge is 0.461 e.